The molecule has 0 amide bonds. The molecule has 1 atom stereocenters. The second-order valence-corrected chi connectivity index (χ2v) is 9.36. The third-order valence-corrected chi connectivity index (χ3v) is 7.03. The minimum absolute atomic E-state index is 0.259. The number of thiophene rings is 1. The fourth-order valence-corrected chi connectivity index (χ4v) is 5.21. The molecular weight excluding hydrogens is 368 g/mol. The van der Waals surface area contributed by atoms with Gasteiger partial charge in [0, 0.05) is 23.4 Å². The molecule has 2 saturated carbocycles. The summed E-state index contributed by atoms with van der Waals surface area (Å²) in [4.78, 5) is 1.30. The summed E-state index contributed by atoms with van der Waals surface area (Å²) in [6.45, 7) is 0.619. The lowest BCUT2D eigenvalue weighted by atomic mass is 10.3. The predicted octanol–water partition coefficient (Wildman–Crippen LogP) is 4.11. The molecule has 4 rings (SSSR count). The van der Waals surface area contributed by atoms with E-state index >= 15 is 0 Å². The van der Waals surface area contributed by atoms with Gasteiger partial charge in [-0.3, -0.25) is 0 Å². The molecule has 21 heavy (non-hydrogen) atoms. The van der Waals surface area contributed by atoms with Crippen LogP contribution in [0.2, 0.25) is 0 Å². The van der Waals surface area contributed by atoms with Crippen LogP contribution in [0.15, 0.2) is 21.1 Å². The first kappa shape index (κ1) is 14.2. The number of nitrogens with zero attached hydrogens (tertiary/aromatic N) is 3. The van der Waals surface area contributed by atoms with Gasteiger partial charge in [0.1, 0.15) is 5.82 Å². The second kappa shape index (κ2) is 5.68. The maximum atomic E-state index is 6.00. The Kier molecular flexibility index (Phi) is 3.85. The van der Waals surface area contributed by atoms with Crippen LogP contribution < -0.4 is 5.73 Å². The van der Waals surface area contributed by atoms with Crippen LogP contribution in [0, 0.1) is 0 Å². The average molecular weight is 385 g/mol. The van der Waals surface area contributed by atoms with Gasteiger partial charge in [0.05, 0.1) is 9.04 Å². The maximum Gasteiger partial charge on any atom is 0.192 e. The van der Waals surface area contributed by atoms with Crippen molar-refractivity contribution in [2.75, 3.05) is 6.54 Å². The number of aromatic nitrogens is 3. The van der Waals surface area contributed by atoms with Crippen LogP contribution in [0.25, 0.3) is 0 Å². The van der Waals surface area contributed by atoms with Crippen LogP contribution >= 0.6 is 39.0 Å². The molecule has 2 fully saturated rings. The van der Waals surface area contributed by atoms with Gasteiger partial charge >= 0.3 is 0 Å². The van der Waals surface area contributed by atoms with Crippen LogP contribution in [-0.4, -0.2) is 21.3 Å². The zero-order chi connectivity index (χ0) is 14.4. The number of hydrogen-bond acceptors (Lipinski definition) is 5. The minimum Gasteiger partial charge on any atom is -0.329 e. The smallest absolute Gasteiger partial charge is 0.192 e. The van der Waals surface area contributed by atoms with Gasteiger partial charge in [0.15, 0.2) is 5.16 Å². The van der Waals surface area contributed by atoms with E-state index in [0.29, 0.717) is 18.5 Å². The molecule has 2 aliphatic rings. The Morgan fingerprint density at radius 3 is 2.71 bits per heavy atom. The van der Waals surface area contributed by atoms with Crippen LogP contribution in [-0.2, 0) is 0 Å². The van der Waals surface area contributed by atoms with E-state index in [1.54, 1.807) is 23.1 Å². The monoisotopic (exact) mass is 384 g/mol. The van der Waals surface area contributed by atoms with Crippen molar-refractivity contribution >= 4 is 39.0 Å². The third-order valence-electron chi connectivity index (χ3n) is 3.92. The van der Waals surface area contributed by atoms with E-state index in [2.05, 4.69) is 42.8 Å². The molecule has 2 aromatic heterocycles. The summed E-state index contributed by atoms with van der Waals surface area (Å²) in [5.41, 5.74) is 6.00. The molecule has 2 aromatic rings. The summed E-state index contributed by atoms with van der Waals surface area (Å²) >= 11 is 7.05. The number of thioether (sulfide) groups is 1. The minimum atomic E-state index is 0.259. The molecule has 0 saturated heterocycles. The van der Waals surface area contributed by atoms with Gasteiger partial charge in [0.2, 0.25) is 0 Å². The Labute approximate surface area is 140 Å². The lowest BCUT2D eigenvalue weighted by molar-refractivity contribution is 0.625. The van der Waals surface area contributed by atoms with Crippen LogP contribution in [0.1, 0.15) is 53.6 Å². The van der Waals surface area contributed by atoms with Crippen LogP contribution in [0.4, 0.5) is 0 Å². The highest BCUT2D eigenvalue weighted by molar-refractivity contribution is 9.11. The molecule has 0 aliphatic heterocycles. The first-order chi connectivity index (χ1) is 10.3. The van der Waals surface area contributed by atoms with Crippen molar-refractivity contribution in [2.24, 2.45) is 5.73 Å². The van der Waals surface area contributed by atoms with Crippen LogP contribution in [0.5, 0.6) is 0 Å². The standard InChI is InChI=1S/C14H17BrN4S2/c15-12-6-5-10(20-12)11(7-16)21-14-18-17-13(8-1-2-8)19(14)9-3-4-9/h5-6,8-9,11H,1-4,7,16H2. The van der Waals surface area contributed by atoms with Gasteiger partial charge in [-0.05, 0) is 53.7 Å². The van der Waals surface area contributed by atoms with Gasteiger partial charge in [-0.25, -0.2) is 0 Å². The molecule has 0 bridgehead atoms. The first-order valence-electron chi connectivity index (χ1n) is 7.33. The normalized spacial score (nSPS) is 19.9. The van der Waals surface area contributed by atoms with Gasteiger partial charge in [-0.15, -0.1) is 21.5 Å². The van der Waals surface area contributed by atoms with Gasteiger partial charge in [0.25, 0.3) is 0 Å². The molecular formula is C14H17BrN4S2. The van der Waals surface area contributed by atoms with Crippen molar-refractivity contribution < 1.29 is 0 Å². The highest BCUT2D eigenvalue weighted by Gasteiger charge is 2.36. The summed E-state index contributed by atoms with van der Waals surface area (Å²) in [6, 6.07) is 4.87. The average Bonchev–Trinajstić information content (AvgIpc) is 3.41. The van der Waals surface area contributed by atoms with Crippen molar-refractivity contribution in [1.29, 1.82) is 0 Å². The van der Waals surface area contributed by atoms with Crippen molar-refractivity contribution in [3.63, 3.8) is 0 Å². The first-order valence-corrected chi connectivity index (χ1v) is 9.82. The van der Waals surface area contributed by atoms with E-state index in [9.17, 15) is 0 Å². The number of halogens is 1. The topological polar surface area (TPSA) is 56.7 Å². The van der Waals surface area contributed by atoms with Crippen molar-refractivity contribution in [3.05, 3.63) is 26.6 Å². The summed E-state index contributed by atoms with van der Waals surface area (Å²) in [6.07, 6.45) is 5.08. The second-order valence-electron chi connectivity index (χ2n) is 5.70. The molecule has 1 unspecified atom stereocenters. The van der Waals surface area contributed by atoms with Crippen molar-refractivity contribution in [2.45, 2.75) is 48.0 Å². The summed E-state index contributed by atoms with van der Waals surface area (Å²) in [7, 11) is 0. The van der Waals surface area contributed by atoms with Gasteiger partial charge in [-0.2, -0.15) is 0 Å². The predicted molar refractivity (Wildman–Crippen MR) is 89.9 cm³/mol. The Morgan fingerprint density at radius 2 is 2.14 bits per heavy atom. The Balaban J connectivity index is 1.60. The van der Waals surface area contributed by atoms with E-state index in [1.807, 2.05) is 0 Å². The zero-order valence-corrected chi connectivity index (χ0v) is 14.8. The molecule has 2 heterocycles. The molecule has 4 nitrogen and oxygen atoms in total. The molecule has 0 aromatic carbocycles. The zero-order valence-electron chi connectivity index (χ0n) is 11.5. The number of rotatable bonds is 6. The maximum absolute atomic E-state index is 6.00. The molecule has 0 spiro atoms. The third kappa shape index (κ3) is 2.93. The Bertz CT molecular complexity index is 645. The Morgan fingerprint density at radius 1 is 1.33 bits per heavy atom. The lowest BCUT2D eigenvalue weighted by Crippen LogP contribution is -2.10. The van der Waals surface area contributed by atoms with Crippen molar-refractivity contribution in [3.8, 4) is 0 Å². The fourth-order valence-electron chi connectivity index (χ4n) is 2.52. The SMILES string of the molecule is NCC(Sc1nnc(C2CC2)n1C1CC1)c1ccc(Br)s1. The molecule has 7 heteroatoms. The van der Waals surface area contributed by atoms with E-state index in [0.717, 1.165) is 8.94 Å². The van der Waals surface area contributed by atoms with E-state index in [1.165, 1.54) is 36.4 Å². The van der Waals surface area contributed by atoms with Gasteiger partial charge < -0.3 is 10.3 Å². The van der Waals surface area contributed by atoms with E-state index in [4.69, 9.17) is 5.73 Å². The summed E-state index contributed by atoms with van der Waals surface area (Å²) in [5.74, 6) is 1.86. The quantitative estimate of drug-likeness (QED) is 0.761. The molecule has 112 valence electrons. The highest BCUT2D eigenvalue weighted by atomic mass is 79.9. The van der Waals surface area contributed by atoms with E-state index in [-0.39, 0.29) is 5.25 Å². The number of nitrogens with two attached hydrogens (primary N) is 1. The highest BCUT2D eigenvalue weighted by Crippen LogP contribution is 2.48. The lowest BCUT2D eigenvalue weighted by Gasteiger charge is -2.13. The number of hydrogen-bond donors (Lipinski definition) is 1. The van der Waals surface area contributed by atoms with Gasteiger partial charge in [-0.1, -0.05) is 11.8 Å². The Hall–Kier alpha value is -0.370. The molecule has 2 aliphatic carbocycles. The van der Waals surface area contributed by atoms with Crippen molar-refractivity contribution in [1.82, 2.24) is 14.8 Å². The summed E-state index contributed by atoms with van der Waals surface area (Å²) < 4.78 is 3.55. The molecule has 2 N–H and O–H groups in total. The summed E-state index contributed by atoms with van der Waals surface area (Å²) in [5, 5.41) is 10.3. The largest absolute Gasteiger partial charge is 0.329 e. The fraction of sp³-hybridized carbons (Fsp3) is 0.571. The van der Waals surface area contributed by atoms with E-state index < -0.39 is 0 Å². The van der Waals surface area contributed by atoms with Crippen LogP contribution in [0.3, 0.4) is 0 Å². The molecule has 0 radical (unpaired) electrons.